The van der Waals surface area contributed by atoms with Crippen molar-refractivity contribution in [3.63, 3.8) is 0 Å². The van der Waals surface area contributed by atoms with Gasteiger partial charge in [0.1, 0.15) is 29.3 Å². The zero-order valence-electron chi connectivity index (χ0n) is 16.5. The first kappa shape index (κ1) is 20.9. The number of nitrogens with one attached hydrogen (secondary N) is 1. The Labute approximate surface area is 181 Å². The molecule has 0 radical (unpaired) electrons. The summed E-state index contributed by atoms with van der Waals surface area (Å²) in [6, 6.07) is -1.77. The number of carboxylic acid groups (broad SMARTS) is 1. The van der Waals surface area contributed by atoms with Gasteiger partial charge in [-0.1, -0.05) is 5.16 Å². The largest absolute Gasteiger partial charge is 0.480 e. The van der Waals surface area contributed by atoms with E-state index < -0.39 is 40.0 Å². The van der Waals surface area contributed by atoms with E-state index in [1.807, 2.05) is 0 Å². The van der Waals surface area contributed by atoms with E-state index >= 15 is 0 Å². The molecule has 4 N–H and O–H groups in total. The standard InChI is InChI=1S/C18H23N5O5S2/c1-18(2)12(16(26)27)23-14(25)11(15(23)30-18)21-13(24)10(9-7-29-17(19)20-9)22-28-8-5-3-4-6-8/h7-8,11-12,15H,3-6H2,1-2H3,(H2,19,20)(H,21,24)(H,26,27)/t11-,12-,15+/m0/s1. The van der Waals surface area contributed by atoms with Gasteiger partial charge < -0.3 is 25.9 Å². The first-order chi connectivity index (χ1) is 14.2. The van der Waals surface area contributed by atoms with Gasteiger partial charge in [-0.3, -0.25) is 9.59 Å². The number of nitrogens with two attached hydrogens (primary N) is 1. The summed E-state index contributed by atoms with van der Waals surface area (Å²) in [7, 11) is 0. The van der Waals surface area contributed by atoms with Crippen molar-refractivity contribution in [3.8, 4) is 0 Å². The van der Waals surface area contributed by atoms with Crippen LogP contribution in [-0.4, -0.2) is 66.8 Å². The lowest BCUT2D eigenvalue weighted by atomic mass is 9.96. The third-order valence-electron chi connectivity index (χ3n) is 5.54. The van der Waals surface area contributed by atoms with Gasteiger partial charge in [0.15, 0.2) is 10.8 Å². The molecule has 3 atom stereocenters. The fraction of sp³-hybridized carbons (Fsp3) is 0.611. The Kier molecular flexibility index (Phi) is 5.39. The van der Waals surface area contributed by atoms with Gasteiger partial charge in [0.05, 0.1) is 0 Å². The number of aromatic nitrogens is 1. The molecule has 0 unspecified atom stereocenters. The molecular formula is C18H23N5O5S2. The first-order valence-electron chi connectivity index (χ1n) is 9.68. The van der Waals surface area contributed by atoms with Crippen molar-refractivity contribution < 1.29 is 24.3 Å². The second kappa shape index (κ2) is 7.73. The number of rotatable bonds is 6. The topological polar surface area (TPSA) is 147 Å². The molecule has 4 rings (SSSR count). The highest BCUT2D eigenvalue weighted by Crippen LogP contribution is 2.50. The maximum Gasteiger partial charge on any atom is 0.327 e. The van der Waals surface area contributed by atoms with Crippen LogP contribution < -0.4 is 11.1 Å². The summed E-state index contributed by atoms with van der Waals surface area (Å²) in [5.41, 5.74) is 5.93. The van der Waals surface area contributed by atoms with Crippen LogP contribution in [0.5, 0.6) is 0 Å². The highest BCUT2D eigenvalue weighted by Gasteiger charge is 2.64. The summed E-state index contributed by atoms with van der Waals surface area (Å²) in [5, 5.41) is 17.7. The van der Waals surface area contributed by atoms with E-state index in [4.69, 9.17) is 10.6 Å². The van der Waals surface area contributed by atoms with Crippen molar-refractivity contribution in [3.05, 3.63) is 11.1 Å². The summed E-state index contributed by atoms with van der Waals surface area (Å²) in [4.78, 5) is 48.3. The van der Waals surface area contributed by atoms with Crippen LogP contribution in [0.15, 0.2) is 10.5 Å². The number of thiazole rings is 1. The van der Waals surface area contributed by atoms with Gasteiger partial charge in [-0.15, -0.1) is 23.1 Å². The molecule has 1 aromatic rings. The van der Waals surface area contributed by atoms with E-state index in [1.165, 1.54) is 28.0 Å². The normalized spacial score (nSPS) is 28.2. The Hall–Kier alpha value is -2.34. The van der Waals surface area contributed by atoms with E-state index in [0.717, 1.165) is 25.7 Å². The van der Waals surface area contributed by atoms with Crippen molar-refractivity contribution in [1.82, 2.24) is 15.2 Å². The van der Waals surface area contributed by atoms with Crippen LogP contribution in [0.25, 0.3) is 0 Å². The van der Waals surface area contributed by atoms with Crippen LogP contribution in [0, 0.1) is 0 Å². The average Bonchev–Trinajstić information content (AvgIpc) is 3.38. The number of thioether (sulfide) groups is 1. The molecule has 1 saturated carbocycles. The van der Waals surface area contributed by atoms with Crippen molar-refractivity contribution in [2.45, 2.75) is 67.8 Å². The number of β-lactam (4-membered cyclic amide) rings is 1. The second-order valence-corrected chi connectivity index (χ2v) is 10.7. The minimum absolute atomic E-state index is 0.0434. The van der Waals surface area contributed by atoms with E-state index in [2.05, 4.69) is 15.5 Å². The Morgan fingerprint density at radius 3 is 2.70 bits per heavy atom. The third-order valence-corrected chi connectivity index (χ3v) is 7.78. The summed E-state index contributed by atoms with van der Waals surface area (Å²) in [6.07, 6.45) is 3.80. The molecule has 1 aromatic heterocycles. The van der Waals surface area contributed by atoms with E-state index in [-0.39, 0.29) is 22.6 Å². The maximum absolute atomic E-state index is 13.0. The number of oxime groups is 1. The molecule has 30 heavy (non-hydrogen) atoms. The quantitative estimate of drug-likeness (QED) is 0.329. The Bertz CT molecular complexity index is 911. The molecular weight excluding hydrogens is 430 g/mol. The van der Waals surface area contributed by atoms with Crippen LogP contribution >= 0.6 is 23.1 Å². The fourth-order valence-electron chi connectivity index (χ4n) is 4.08. The zero-order chi connectivity index (χ0) is 21.6. The number of nitrogens with zero attached hydrogens (tertiary/aromatic N) is 3. The third kappa shape index (κ3) is 3.62. The Morgan fingerprint density at radius 1 is 1.40 bits per heavy atom. The summed E-state index contributed by atoms with van der Waals surface area (Å²) >= 11 is 2.53. The second-order valence-electron chi connectivity index (χ2n) is 8.07. The Morgan fingerprint density at radius 2 is 2.10 bits per heavy atom. The Balaban J connectivity index is 1.51. The van der Waals surface area contributed by atoms with Gasteiger partial charge in [-0.25, -0.2) is 9.78 Å². The smallest absolute Gasteiger partial charge is 0.327 e. The lowest BCUT2D eigenvalue weighted by Gasteiger charge is -2.43. The molecule has 10 nitrogen and oxygen atoms in total. The van der Waals surface area contributed by atoms with Crippen LogP contribution in [0.2, 0.25) is 0 Å². The van der Waals surface area contributed by atoms with Gasteiger partial charge in [0.25, 0.3) is 5.91 Å². The minimum atomic E-state index is -1.06. The van der Waals surface area contributed by atoms with Crippen molar-refractivity contribution in [2.75, 3.05) is 5.73 Å². The first-order valence-corrected chi connectivity index (χ1v) is 11.4. The number of aliphatic carboxylic acids is 1. The van der Waals surface area contributed by atoms with Crippen LogP contribution in [0.1, 0.15) is 45.2 Å². The molecule has 1 aliphatic carbocycles. The molecule has 0 spiro atoms. The fourth-order valence-corrected chi connectivity index (χ4v) is 6.25. The SMILES string of the molecule is CC1(C)S[C@@H]2[C@@H](NC(=O)C(=NOC3CCCC3)c3csc(N)n3)C(=O)N2[C@H]1C(=O)O. The predicted molar refractivity (Wildman–Crippen MR) is 112 cm³/mol. The number of amides is 2. The molecule has 3 heterocycles. The number of carbonyl (C=O) groups is 3. The zero-order valence-corrected chi connectivity index (χ0v) is 18.2. The summed E-state index contributed by atoms with van der Waals surface area (Å²) < 4.78 is -0.669. The number of hydrogen-bond acceptors (Lipinski definition) is 9. The van der Waals surface area contributed by atoms with Gasteiger partial charge in [-0.2, -0.15) is 0 Å². The van der Waals surface area contributed by atoms with Crippen molar-refractivity contribution in [1.29, 1.82) is 0 Å². The summed E-state index contributed by atoms with van der Waals surface area (Å²) in [6.45, 7) is 3.56. The number of carboxylic acids is 1. The number of nitrogen functional groups attached to an aromatic ring is 1. The lowest BCUT2D eigenvalue weighted by Crippen LogP contribution is -2.71. The molecule has 2 amide bonds. The van der Waals surface area contributed by atoms with Crippen LogP contribution in [-0.2, 0) is 19.2 Å². The van der Waals surface area contributed by atoms with Gasteiger partial charge >= 0.3 is 5.97 Å². The van der Waals surface area contributed by atoms with Gasteiger partial charge in [0.2, 0.25) is 5.91 Å². The molecule has 2 aliphatic heterocycles. The van der Waals surface area contributed by atoms with Gasteiger partial charge in [-0.05, 0) is 39.5 Å². The van der Waals surface area contributed by atoms with E-state index in [1.54, 1.807) is 19.2 Å². The number of fused-ring (bicyclic) bond motifs is 1. The number of anilines is 1. The molecule has 162 valence electrons. The molecule has 0 aromatic carbocycles. The average molecular weight is 454 g/mol. The number of carbonyl (C=O) groups excluding carboxylic acids is 2. The predicted octanol–water partition coefficient (Wildman–Crippen LogP) is 1.02. The van der Waals surface area contributed by atoms with Crippen LogP contribution in [0.3, 0.4) is 0 Å². The maximum atomic E-state index is 13.0. The molecule has 2 saturated heterocycles. The van der Waals surface area contributed by atoms with E-state index in [9.17, 15) is 19.5 Å². The number of hydrogen-bond donors (Lipinski definition) is 3. The molecule has 0 bridgehead atoms. The molecule has 3 aliphatic rings. The molecule has 3 fully saturated rings. The summed E-state index contributed by atoms with van der Waals surface area (Å²) in [5.74, 6) is -2.08. The monoisotopic (exact) mass is 453 g/mol. The highest BCUT2D eigenvalue weighted by atomic mass is 32.2. The van der Waals surface area contributed by atoms with Gasteiger partial charge in [0, 0.05) is 10.1 Å². The van der Waals surface area contributed by atoms with E-state index in [0.29, 0.717) is 0 Å². The van der Waals surface area contributed by atoms with Crippen molar-refractivity contribution >= 4 is 51.7 Å². The molecule has 12 heteroatoms. The van der Waals surface area contributed by atoms with Crippen LogP contribution in [0.4, 0.5) is 5.13 Å². The van der Waals surface area contributed by atoms with Crippen molar-refractivity contribution in [2.24, 2.45) is 5.16 Å². The minimum Gasteiger partial charge on any atom is -0.480 e. The lowest BCUT2D eigenvalue weighted by molar-refractivity contribution is -0.160. The highest BCUT2D eigenvalue weighted by molar-refractivity contribution is 8.01.